The molecule has 16 nitrogen and oxygen atoms in total. The molecule has 390 valence electrons. The van der Waals surface area contributed by atoms with E-state index in [4.69, 9.17) is 28.4 Å². The first-order chi connectivity index (χ1) is 32.7. The average Bonchev–Trinajstić information content (AvgIpc) is 3.32. The van der Waals surface area contributed by atoms with E-state index in [0.717, 1.165) is 16.9 Å². The van der Waals surface area contributed by atoms with Crippen LogP contribution in [0.25, 0.3) is 0 Å². The first kappa shape index (κ1) is 58.1. The number of carbonyl (C=O) groups is 5. The van der Waals surface area contributed by atoms with Crippen molar-refractivity contribution in [3.8, 4) is 0 Å². The van der Waals surface area contributed by atoms with Crippen molar-refractivity contribution in [2.75, 3.05) is 40.6 Å². The van der Waals surface area contributed by atoms with Crippen LogP contribution < -0.4 is 0 Å². The lowest BCUT2D eigenvalue weighted by Gasteiger charge is -2.42. The van der Waals surface area contributed by atoms with E-state index in [1.807, 2.05) is 58.1 Å². The normalized spacial score (nSPS) is 38.8. The molecule has 2 bridgehead atoms. The Morgan fingerprint density at radius 3 is 2.29 bits per heavy atom. The first-order valence-electron chi connectivity index (χ1n) is 25.3. The minimum atomic E-state index is -2.88. The lowest BCUT2D eigenvalue weighted by Crippen LogP contribution is -2.63. The van der Waals surface area contributed by atoms with E-state index in [9.17, 15) is 44.4 Å². The summed E-state index contributed by atoms with van der Waals surface area (Å²) in [5, 5.41) is 45.3. The van der Waals surface area contributed by atoms with Crippen LogP contribution >= 0.6 is 0 Å². The summed E-state index contributed by atoms with van der Waals surface area (Å²) in [5.41, 5.74) is 1.18. The monoisotopic (exact) mass is 974 g/mol. The molecule has 4 rings (SSSR count). The van der Waals surface area contributed by atoms with Gasteiger partial charge in [0, 0.05) is 52.0 Å². The van der Waals surface area contributed by atoms with Crippen LogP contribution in [0.2, 0.25) is 0 Å². The molecule has 0 radical (unpaired) electrons. The minimum Gasteiger partial charge on any atom is -0.460 e. The van der Waals surface area contributed by atoms with E-state index in [1.165, 1.54) is 14.2 Å². The second-order valence-electron chi connectivity index (χ2n) is 20.0. The van der Waals surface area contributed by atoms with Crippen LogP contribution in [0.1, 0.15) is 126 Å². The van der Waals surface area contributed by atoms with E-state index in [-0.39, 0.29) is 68.2 Å². The van der Waals surface area contributed by atoms with Crippen LogP contribution in [0.4, 0.5) is 0 Å². The van der Waals surface area contributed by atoms with Gasteiger partial charge in [0.05, 0.1) is 37.6 Å². The van der Waals surface area contributed by atoms with Crippen LogP contribution in [0.15, 0.2) is 47.6 Å². The summed E-state index contributed by atoms with van der Waals surface area (Å²) >= 11 is 0. The topological polar surface area (TPSA) is 225 Å². The molecule has 15 atom stereocenters. The fraction of sp³-hybridized carbons (Fsp3) is 0.755. The van der Waals surface area contributed by atoms with Gasteiger partial charge in [-0.3, -0.25) is 19.2 Å². The number of nitrogens with zero attached hydrogens (tertiary/aromatic N) is 1. The van der Waals surface area contributed by atoms with Gasteiger partial charge in [-0.15, -0.1) is 0 Å². The zero-order valence-corrected chi connectivity index (χ0v) is 42.6. The van der Waals surface area contributed by atoms with E-state index in [0.29, 0.717) is 63.9 Å². The number of methoxy groups -OCH3 is 2. The molecular weight excluding hydrogens is 891 g/mol. The second kappa shape index (κ2) is 28.0. The van der Waals surface area contributed by atoms with Crippen LogP contribution in [-0.2, 0) is 52.4 Å². The van der Waals surface area contributed by atoms with E-state index < -0.39 is 90.0 Å². The number of piperidine rings is 1. The highest BCUT2D eigenvalue weighted by Gasteiger charge is 2.54. The quantitative estimate of drug-likeness (QED) is 0.0942. The minimum absolute atomic E-state index is 0.00258. The van der Waals surface area contributed by atoms with Crippen LogP contribution in [0, 0.1) is 29.6 Å². The van der Waals surface area contributed by atoms with Gasteiger partial charge < -0.3 is 53.7 Å². The maximum atomic E-state index is 14.4. The molecule has 1 amide bonds. The highest BCUT2D eigenvalue weighted by atomic mass is 16.7. The number of carbonyl (C=O) groups excluding carboxylic acids is 5. The molecule has 16 heteroatoms. The van der Waals surface area contributed by atoms with Gasteiger partial charge in [0.25, 0.3) is 17.5 Å². The molecule has 1 saturated carbocycles. The van der Waals surface area contributed by atoms with Gasteiger partial charge >= 0.3 is 5.97 Å². The van der Waals surface area contributed by atoms with Gasteiger partial charge in [0.2, 0.25) is 0 Å². The predicted molar refractivity (Wildman–Crippen MR) is 257 cm³/mol. The Hall–Kier alpha value is -3.45. The number of cyclic esters (lactones) is 1. The lowest BCUT2D eigenvalue weighted by atomic mass is 9.78. The number of hydrogen-bond acceptors (Lipinski definition) is 15. The first-order valence-corrected chi connectivity index (χ1v) is 25.3. The fourth-order valence-corrected chi connectivity index (χ4v) is 10.3. The number of hydrogen-bond donors (Lipinski definition) is 4. The molecule has 0 spiro atoms. The summed E-state index contributed by atoms with van der Waals surface area (Å²) in [4.78, 5) is 71.6. The van der Waals surface area contributed by atoms with E-state index in [1.54, 1.807) is 26.8 Å². The Balaban J connectivity index is 1.67. The molecule has 2 saturated heterocycles. The molecule has 0 aromatic carbocycles. The Morgan fingerprint density at radius 2 is 1.61 bits per heavy atom. The molecule has 4 N–H and O–H groups in total. The molecule has 0 aromatic heterocycles. The smallest absolute Gasteiger partial charge is 0.329 e. The molecular formula is C53H83NO15. The third kappa shape index (κ3) is 16.3. The van der Waals surface area contributed by atoms with Crippen LogP contribution in [-0.4, -0.2) is 156 Å². The summed E-state index contributed by atoms with van der Waals surface area (Å²) in [6.07, 6.45) is 7.49. The van der Waals surface area contributed by atoms with Gasteiger partial charge in [0.1, 0.15) is 36.2 Å². The molecule has 3 aliphatic heterocycles. The highest BCUT2D eigenvalue weighted by molar-refractivity contribution is 6.39. The maximum Gasteiger partial charge on any atom is 0.329 e. The largest absolute Gasteiger partial charge is 0.460 e. The van der Waals surface area contributed by atoms with Gasteiger partial charge in [0.15, 0.2) is 5.78 Å². The highest BCUT2D eigenvalue weighted by Crippen LogP contribution is 2.36. The Labute approximate surface area is 409 Å². The summed E-state index contributed by atoms with van der Waals surface area (Å²) in [6.45, 7) is 14.1. The molecule has 0 aromatic rings. The second-order valence-corrected chi connectivity index (χ2v) is 20.0. The number of ether oxygens (including phenoxy) is 6. The van der Waals surface area contributed by atoms with Gasteiger partial charge in [-0.2, -0.15) is 0 Å². The number of ketones is 3. The zero-order valence-electron chi connectivity index (χ0n) is 42.6. The van der Waals surface area contributed by atoms with Gasteiger partial charge in [-0.1, -0.05) is 64.2 Å². The molecule has 3 heterocycles. The molecule has 2 unspecified atom stereocenters. The fourth-order valence-electron chi connectivity index (χ4n) is 10.3. The predicted octanol–water partition coefficient (Wildman–Crippen LogP) is 5.31. The van der Waals surface area contributed by atoms with Crippen molar-refractivity contribution in [1.29, 1.82) is 0 Å². The van der Waals surface area contributed by atoms with Gasteiger partial charge in [-0.05, 0) is 114 Å². The lowest BCUT2D eigenvalue weighted by molar-refractivity contribution is -0.282. The standard InChI is InChI=1S/C53H83NO15/c1-10-66-24-25-67-43-21-19-38(29-42(43)56)28-35(5)45-31-41(55)34(4)27-37(7)48(59)49(65-9)47(58)36(6)26-32(2)16-12-11-13-17-33(3)44(64-8)30-39-20-22-46(57)53(63,69-39)50(60)51(61)54-23-15-14-18-40(54)52(62)68-45/h11-13,16-17,27,32,34-36,38-40,42-46,48-49,56-57,59,63H,10,14-15,18-26,28-31H2,1-9H3/b13-11+,16-12+,33-17+,37-27+/t32-,34-,35-,36-,38+,39+,40+,42?,43-,44+,45+,46?,48-,49+,53-/m1/s1. The van der Waals surface area contributed by atoms with Crippen molar-refractivity contribution in [2.24, 2.45) is 29.6 Å². The van der Waals surface area contributed by atoms with Crippen molar-refractivity contribution >= 4 is 29.2 Å². The van der Waals surface area contributed by atoms with E-state index >= 15 is 0 Å². The number of fused-ring (bicyclic) bond motifs is 3. The summed E-state index contributed by atoms with van der Waals surface area (Å²) in [5.74, 6) is -8.52. The number of aliphatic hydroxyl groups is 4. The molecule has 1 aliphatic carbocycles. The maximum absolute atomic E-state index is 14.4. The number of rotatable bonds is 10. The number of amides is 1. The summed E-state index contributed by atoms with van der Waals surface area (Å²) < 4.78 is 34.8. The third-order valence-corrected chi connectivity index (χ3v) is 14.6. The van der Waals surface area contributed by atoms with Crippen molar-refractivity contribution in [3.63, 3.8) is 0 Å². The Bertz CT molecular complexity index is 1830. The van der Waals surface area contributed by atoms with Crippen molar-refractivity contribution in [1.82, 2.24) is 4.90 Å². The zero-order chi connectivity index (χ0) is 51.0. The van der Waals surface area contributed by atoms with Crippen molar-refractivity contribution < 1.29 is 72.8 Å². The van der Waals surface area contributed by atoms with Crippen LogP contribution in [0.5, 0.6) is 0 Å². The number of esters is 1. The molecule has 69 heavy (non-hydrogen) atoms. The number of aliphatic hydroxyl groups excluding tert-OH is 3. The Kier molecular flexibility index (Phi) is 23.6. The number of Topliss-reactive ketones (excluding diaryl/α,β-unsaturated/α-hetero) is 3. The van der Waals surface area contributed by atoms with Crippen LogP contribution in [0.3, 0.4) is 0 Å². The Morgan fingerprint density at radius 1 is 0.870 bits per heavy atom. The van der Waals surface area contributed by atoms with Gasteiger partial charge in [-0.25, -0.2) is 4.79 Å². The van der Waals surface area contributed by atoms with Crippen molar-refractivity contribution in [3.05, 3.63) is 47.6 Å². The van der Waals surface area contributed by atoms with Crippen molar-refractivity contribution in [2.45, 2.75) is 186 Å². The van der Waals surface area contributed by atoms with E-state index in [2.05, 4.69) is 0 Å². The molecule has 3 fully saturated rings. The summed E-state index contributed by atoms with van der Waals surface area (Å²) in [7, 11) is 2.89. The molecule has 4 aliphatic rings. The SMILES string of the molecule is CCOCCO[C@@H]1CC[C@@H](C[C@@H](C)[C@@H]2CC(=O)[C@H](C)/C=C(\C)[C@@H](O)[C@@H](OC)C(=O)[C@H](C)C[C@H](C)/C=C/C=C/C=C(\C)[C@@H](OC)C[C@@H]3CCC(O)[C@@](O)(O3)C(=O)C(=O)N3CCCC[C@H]3C(=O)O2)CC1O. The average molecular weight is 974 g/mol. The number of allylic oxidation sites excluding steroid dienone is 6. The summed E-state index contributed by atoms with van der Waals surface area (Å²) in [6, 6.07) is -1.24. The third-order valence-electron chi connectivity index (χ3n) is 14.6.